The van der Waals surface area contributed by atoms with E-state index in [9.17, 15) is 4.79 Å². The first-order valence-corrected chi connectivity index (χ1v) is 5.76. The number of halogens is 1. The third-order valence-electron chi connectivity index (χ3n) is 2.78. The summed E-state index contributed by atoms with van der Waals surface area (Å²) in [5.41, 5.74) is 0.423. The van der Waals surface area contributed by atoms with Crippen molar-refractivity contribution in [1.82, 2.24) is 4.57 Å². The number of nitrogens with zero attached hydrogens (tertiary/aromatic N) is 1. The first-order valence-electron chi connectivity index (χ1n) is 4.68. The molecule has 0 bridgehead atoms. The molecular formula is C10H12INO2. The number of carboxylic acid groups (broad SMARTS) is 1. The third kappa shape index (κ3) is 1.67. The molecule has 2 rings (SSSR count). The zero-order valence-corrected chi connectivity index (χ0v) is 10.1. The van der Waals surface area contributed by atoms with Gasteiger partial charge in [0.2, 0.25) is 0 Å². The van der Waals surface area contributed by atoms with E-state index in [-0.39, 0.29) is 0 Å². The van der Waals surface area contributed by atoms with Crippen LogP contribution in [0, 0.1) is 9.49 Å². The Hall–Kier alpha value is -0.520. The SMILES string of the molecule is CC1CC(n2cc(I)cc2C(=O)O)C1. The van der Waals surface area contributed by atoms with Gasteiger partial charge >= 0.3 is 5.97 Å². The lowest BCUT2D eigenvalue weighted by atomic mass is 9.81. The van der Waals surface area contributed by atoms with Gasteiger partial charge in [-0.3, -0.25) is 0 Å². The van der Waals surface area contributed by atoms with Crippen LogP contribution in [0.25, 0.3) is 0 Å². The molecule has 0 amide bonds. The highest BCUT2D eigenvalue weighted by Gasteiger charge is 2.29. The van der Waals surface area contributed by atoms with Gasteiger partial charge in [0.05, 0.1) is 0 Å². The zero-order valence-electron chi connectivity index (χ0n) is 7.90. The van der Waals surface area contributed by atoms with Crippen LogP contribution in [0.1, 0.15) is 36.3 Å². The molecule has 0 atom stereocenters. The number of aromatic carboxylic acids is 1. The van der Waals surface area contributed by atoms with Gasteiger partial charge in [0.15, 0.2) is 0 Å². The first kappa shape index (κ1) is 10.0. The van der Waals surface area contributed by atoms with Crippen LogP contribution in [0.5, 0.6) is 0 Å². The fourth-order valence-corrected chi connectivity index (χ4v) is 2.60. The Morgan fingerprint density at radius 2 is 2.29 bits per heavy atom. The molecule has 0 spiro atoms. The molecule has 1 saturated carbocycles. The Morgan fingerprint density at radius 1 is 1.64 bits per heavy atom. The number of aromatic nitrogens is 1. The monoisotopic (exact) mass is 305 g/mol. The van der Waals surface area contributed by atoms with Crippen LogP contribution in [0.15, 0.2) is 12.3 Å². The predicted octanol–water partition coefficient (Wildman–Crippen LogP) is 2.76. The van der Waals surface area contributed by atoms with Gasteiger partial charge in [-0.25, -0.2) is 4.79 Å². The minimum atomic E-state index is -0.826. The van der Waals surface area contributed by atoms with Crippen LogP contribution in [-0.2, 0) is 0 Å². The Balaban J connectivity index is 2.28. The molecular weight excluding hydrogens is 293 g/mol. The summed E-state index contributed by atoms with van der Waals surface area (Å²) in [5, 5.41) is 8.99. The summed E-state index contributed by atoms with van der Waals surface area (Å²) in [6.07, 6.45) is 4.14. The number of carboxylic acids is 1. The van der Waals surface area contributed by atoms with Crippen LogP contribution in [0.2, 0.25) is 0 Å². The zero-order chi connectivity index (χ0) is 10.3. The van der Waals surface area contributed by atoms with Gasteiger partial charge < -0.3 is 9.67 Å². The highest BCUT2D eigenvalue weighted by atomic mass is 127. The van der Waals surface area contributed by atoms with Crippen molar-refractivity contribution in [1.29, 1.82) is 0 Å². The fourth-order valence-electron chi connectivity index (χ4n) is 2.01. The minimum Gasteiger partial charge on any atom is -0.477 e. The standard InChI is InChI=1S/C10H12INO2/c1-6-2-8(3-6)12-5-7(11)4-9(12)10(13)14/h4-6,8H,2-3H2,1H3,(H,13,14). The molecule has 76 valence electrons. The van der Waals surface area contributed by atoms with Gasteiger partial charge in [0.1, 0.15) is 5.69 Å². The van der Waals surface area contributed by atoms with Crippen molar-refractivity contribution in [3.05, 3.63) is 21.5 Å². The van der Waals surface area contributed by atoms with Crippen molar-refractivity contribution in [3.63, 3.8) is 0 Å². The van der Waals surface area contributed by atoms with Crippen molar-refractivity contribution in [3.8, 4) is 0 Å². The lowest BCUT2D eigenvalue weighted by molar-refractivity contribution is 0.0674. The molecule has 0 unspecified atom stereocenters. The maximum atomic E-state index is 10.9. The number of hydrogen-bond donors (Lipinski definition) is 1. The van der Waals surface area contributed by atoms with Crippen LogP contribution >= 0.6 is 22.6 Å². The topological polar surface area (TPSA) is 42.2 Å². The highest BCUT2D eigenvalue weighted by Crippen LogP contribution is 2.38. The van der Waals surface area contributed by atoms with E-state index in [0.717, 1.165) is 22.3 Å². The second-order valence-corrected chi connectivity index (χ2v) is 5.23. The summed E-state index contributed by atoms with van der Waals surface area (Å²) >= 11 is 2.15. The molecule has 1 heterocycles. The molecule has 1 aliphatic carbocycles. The Kier molecular flexibility index (Phi) is 2.55. The van der Waals surface area contributed by atoms with E-state index in [1.807, 2.05) is 10.8 Å². The fraction of sp³-hybridized carbons (Fsp3) is 0.500. The molecule has 0 radical (unpaired) electrons. The van der Waals surface area contributed by atoms with Gasteiger partial charge in [-0.1, -0.05) is 6.92 Å². The Labute approximate surface area is 96.3 Å². The van der Waals surface area contributed by atoms with Crippen molar-refractivity contribution < 1.29 is 9.90 Å². The normalized spacial score (nSPS) is 25.9. The van der Waals surface area contributed by atoms with Crippen LogP contribution in [0.3, 0.4) is 0 Å². The van der Waals surface area contributed by atoms with Crippen molar-refractivity contribution >= 4 is 28.6 Å². The maximum Gasteiger partial charge on any atom is 0.352 e. The Bertz CT molecular complexity index is 366. The molecule has 1 aliphatic rings. The molecule has 0 saturated heterocycles. The predicted molar refractivity (Wildman–Crippen MR) is 61.5 cm³/mol. The summed E-state index contributed by atoms with van der Waals surface area (Å²) in [7, 11) is 0. The second kappa shape index (κ2) is 3.56. The lowest BCUT2D eigenvalue weighted by Gasteiger charge is -2.34. The molecule has 1 aromatic heterocycles. The summed E-state index contributed by atoms with van der Waals surface area (Å²) < 4.78 is 2.91. The number of carbonyl (C=O) groups is 1. The molecule has 1 N–H and O–H groups in total. The molecule has 3 nitrogen and oxygen atoms in total. The van der Waals surface area contributed by atoms with E-state index < -0.39 is 5.97 Å². The van der Waals surface area contributed by atoms with Gasteiger partial charge in [0.25, 0.3) is 0 Å². The summed E-state index contributed by atoms with van der Waals surface area (Å²) in [6.45, 7) is 2.20. The Morgan fingerprint density at radius 3 is 2.79 bits per heavy atom. The molecule has 1 fully saturated rings. The van der Waals surface area contributed by atoms with Crippen LogP contribution in [0.4, 0.5) is 0 Å². The van der Waals surface area contributed by atoms with E-state index in [1.54, 1.807) is 6.07 Å². The number of rotatable bonds is 2. The average Bonchev–Trinajstić information content (AvgIpc) is 2.41. The van der Waals surface area contributed by atoms with Crippen LogP contribution in [-0.4, -0.2) is 15.6 Å². The van der Waals surface area contributed by atoms with E-state index in [4.69, 9.17) is 5.11 Å². The summed E-state index contributed by atoms with van der Waals surface area (Å²) in [6, 6.07) is 2.13. The molecule has 0 aromatic carbocycles. The molecule has 1 aromatic rings. The van der Waals surface area contributed by atoms with Crippen molar-refractivity contribution in [2.75, 3.05) is 0 Å². The average molecular weight is 305 g/mol. The van der Waals surface area contributed by atoms with Gasteiger partial charge in [-0.2, -0.15) is 0 Å². The number of hydrogen-bond acceptors (Lipinski definition) is 1. The van der Waals surface area contributed by atoms with Crippen molar-refractivity contribution in [2.45, 2.75) is 25.8 Å². The van der Waals surface area contributed by atoms with E-state index >= 15 is 0 Å². The van der Waals surface area contributed by atoms with Gasteiger partial charge in [-0.05, 0) is 47.4 Å². The van der Waals surface area contributed by atoms with E-state index in [2.05, 4.69) is 29.5 Å². The molecule has 4 heteroatoms. The first-order chi connectivity index (χ1) is 6.58. The molecule has 14 heavy (non-hydrogen) atoms. The summed E-state index contributed by atoms with van der Waals surface area (Å²) in [5.74, 6) is -0.0887. The van der Waals surface area contributed by atoms with E-state index in [1.165, 1.54) is 0 Å². The van der Waals surface area contributed by atoms with Gasteiger partial charge in [-0.15, -0.1) is 0 Å². The van der Waals surface area contributed by atoms with Crippen LogP contribution < -0.4 is 0 Å². The molecule has 0 aliphatic heterocycles. The quantitative estimate of drug-likeness (QED) is 0.854. The maximum absolute atomic E-state index is 10.9. The minimum absolute atomic E-state index is 0.402. The lowest BCUT2D eigenvalue weighted by Crippen LogP contribution is -2.26. The second-order valence-electron chi connectivity index (χ2n) is 3.99. The summed E-state index contributed by atoms with van der Waals surface area (Å²) in [4.78, 5) is 10.9. The van der Waals surface area contributed by atoms with Crippen molar-refractivity contribution in [2.24, 2.45) is 5.92 Å². The highest BCUT2D eigenvalue weighted by molar-refractivity contribution is 14.1. The van der Waals surface area contributed by atoms with Gasteiger partial charge in [0, 0.05) is 15.8 Å². The third-order valence-corrected chi connectivity index (χ3v) is 3.37. The smallest absolute Gasteiger partial charge is 0.352 e. The van der Waals surface area contributed by atoms with E-state index in [0.29, 0.717) is 11.7 Å². The largest absolute Gasteiger partial charge is 0.477 e.